The molecule has 60 valence electrons. The molecular weight excluding hydrogens is 182 g/mol. The number of hydrogen-bond donors (Lipinski definition) is 2. The van der Waals surface area contributed by atoms with Gasteiger partial charge in [-0.25, -0.2) is 4.99 Å². The fourth-order valence-electron chi connectivity index (χ4n) is 0.608. The highest BCUT2D eigenvalue weighted by Gasteiger charge is 1.98. The van der Waals surface area contributed by atoms with E-state index < -0.39 is 0 Å². The van der Waals surface area contributed by atoms with Crippen LogP contribution < -0.4 is 11.5 Å². The SMILES string of the molecule is NC(N)=NCc1ccsc1Cl. The maximum Gasteiger partial charge on any atom is 0.186 e. The van der Waals surface area contributed by atoms with Gasteiger partial charge in [0.15, 0.2) is 5.96 Å². The monoisotopic (exact) mass is 189 g/mol. The molecule has 1 heterocycles. The molecule has 1 rings (SSSR count). The van der Waals surface area contributed by atoms with Gasteiger partial charge in [0.05, 0.1) is 10.9 Å². The summed E-state index contributed by atoms with van der Waals surface area (Å²) in [5.74, 6) is 0.0901. The normalized spacial score (nSPS) is 9.55. The minimum atomic E-state index is 0.0901. The second-order valence-electron chi connectivity index (χ2n) is 1.96. The average Bonchev–Trinajstić information content (AvgIpc) is 2.31. The van der Waals surface area contributed by atoms with E-state index in [2.05, 4.69) is 4.99 Å². The summed E-state index contributed by atoms with van der Waals surface area (Å²) in [5.41, 5.74) is 11.3. The predicted molar refractivity (Wildman–Crippen MR) is 48.8 cm³/mol. The molecule has 0 aromatic carbocycles. The first-order valence-corrected chi connectivity index (χ1v) is 4.23. The third-order valence-electron chi connectivity index (χ3n) is 1.13. The van der Waals surface area contributed by atoms with Crippen molar-refractivity contribution < 1.29 is 0 Å². The highest BCUT2D eigenvalue weighted by molar-refractivity contribution is 7.14. The molecule has 0 saturated carbocycles. The van der Waals surface area contributed by atoms with E-state index in [-0.39, 0.29) is 5.96 Å². The van der Waals surface area contributed by atoms with Crippen molar-refractivity contribution in [3.05, 3.63) is 21.3 Å². The second-order valence-corrected chi connectivity index (χ2v) is 3.48. The van der Waals surface area contributed by atoms with Crippen LogP contribution in [0.1, 0.15) is 5.56 Å². The second kappa shape index (κ2) is 3.59. The molecule has 0 aliphatic carbocycles. The summed E-state index contributed by atoms with van der Waals surface area (Å²) < 4.78 is 0.745. The lowest BCUT2D eigenvalue weighted by Gasteiger charge is -1.92. The van der Waals surface area contributed by atoms with Crippen molar-refractivity contribution in [1.29, 1.82) is 0 Å². The average molecular weight is 190 g/mol. The number of hydrogen-bond acceptors (Lipinski definition) is 2. The Bertz CT molecular complexity index is 265. The molecule has 0 spiro atoms. The molecule has 4 N–H and O–H groups in total. The summed E-state index contributed by atoms with van der Waals surface area (Å²) in [6.07, 6.45) is 0. The summed E-state index contributed by atoms with van der Waals surface area (Å²) in [5, 5.41) is 1.90. The molecule has 0 fully saturated rings. The lowest BCUT2D eigenvalue weighted by atomic mass is 10.3. The van der Waals surface area contributed by atoms with Gasteiger partial charge in [0, 0.05) is 5.56 Å². The Morgan fingerprint density at radius 1 is 1.64 bits per heavy atom. The van der Waals surface area contributed by atoms with Crippen LogP contribution in [0.15, 0.2) is 16.4 Å². The molecule has 1 aromatic heterocycles. The third kappa shape index (κ3) is 2.40. The molecule has 0 amide bonds. The van der Waals surface area contributed by atoms with Gasteiger partial charge < -0.3 is 11.5 Å². The van der Waals surface area contributed by atoms with Crippen molar-refractivity contribution in [2.75, 3.05) is 0 Å². The van der Waals surface area contributed by atoms with E-state index in [9.17, 15) is 0 Å². The van der Waals surface area contributed by atoms with Crippen LogP contribution in [0, 0.1) is 0 Å². The van der Waals surface area contributed by atoms with Gasteiger partial charge in [-0.2, -0.15) is 0 Å². The smallest absolute Gasteiger partial charge is 0.186 e. The van der Waals surface area contributed by atoms with Gasteiger partial charge in [0.2, 0.25) is 0 Å². The van der Waals surface area contributed by atoms with Gasteiger partial charge in [-0.1, -0.05) is 11.6 Å². The molecule has 0 atom stereocenters. The molecule has 0 bridgehead atoms. The molecule has 0 unspecified atom stereocenters. The molecule has 0 saturated heterocycles. The summed E-state index contributed by atoms with van der Waals surface area (Å²) >= 11 is 7.26. The minimum absolute atomic E-state index is 0.0901. The molecule has 1 aromatic rings. The number of rotatable bonds is 2. The van der Waals surface area contributed by atoms with Crippen molar-refractivity contribution in [1.82, 2.24) is 0 Å². The summed E-state index contributed by atoms with van der Waals surface area (Å²) in [6.45, 7) is 0.463. The molecule has 5 heteroatoms. The standard InChI is InChI=1S/C6H8ClN3S/c7-5-4(1-2-11-5)3-10-6(8)9/h1-2H,3H2,(H4,8,9,10). The van der Waals surface area contributed by atoms with E-state index in [0.29, 0.717) is 6.54 Å². The zero-order valence-electron chi connectivity index (χ0n) is 5.75. The van der Waals surface area contributed by atoms with Gasteiger partial charge >= 0.3 is 0 Å². The van der Waals surface area contributed by atoms with Gasteiger partial charge in [0.1, 0.15) is 0 Å². The fraction of sp³-hybridized carbons (Fsp3) is 0.167. The van der Waals surface area contributed by atoms with Crippen molar-refractivity contribution in [3.63, 3.8) is 0 Å². The zero-order valence-corrected chi connectivity index (χ0v) is 7.32. The molecular formula is C6H8ClN3S. The van der Waals surface area contributed by atoms with Crippen LogP contribution in [0.4, 0.5) is 0 Å². The quantitative estimate of drug-likeness (QED) is 0.542. The number of guanidine groups is 1. The van der Waals surface area contributed by atoms with E-state index in [0.717, 1.165) is 9.90 Å². The van der Waals surface area contributed by atoms with Gasteiger partial charge in [-0.05, 0) is 11.4 Å². The zero-order chi connectivity index (χ0) is 8.27. The van der Waals surface area contributed by atoms with Crippen LogP contribution in [-0.2, 0) is 6.54 Å². The Hall–Kier alpha value is -0.740. The Morgan fingerprint density at radius 3 is 2.82 bits per heavy atom. The van der Waals surface area contributed by atoms with Gasteiger partial charge in [-0.3, -0.25) is 0 Å². The number of nitrogens with zero attached hydrogens (tertiary/aromatic N) is 1. The maximum absolute atomic E-state index is 5.79. The third-order valence-corrected chi connectivity index (χ3v) is 2.38. The van der Waals surface area contributed by atoms with Crippen LogP contribution in [0.2, 0.25) is 4.34 Å². The summed E-state index contributed by atoms with van der Waals surface area (Å²) in [6, 6.07) is 1.90. The lowest BCUT2D eigenvalue weighted by Crippen LogP contribution is -2.22. The molecule has 3 nitrogen and oxygen atoms in total. The van der Waals surface area contributed by atoms with E-state index >= 15 is 0 Å². The van der Waals surface area contributed by atoms with E-state index in [4.69, 9.17) is 23.1 Å². The molecule has 11 heavy (non-hydrogen) atoms. The first kappa shape index (κ1) is 8.36. The van der Waals surface area contributed by atoms with E-state index in [1.807, 2.05) is 11.4 Å². The summed E-state index contributed by atoms with van der Waals surface area (Å²) in [4.78, 5) is 3.82. The maximum atomic E-state index is 5.79. The molecule has 0 radical (unpaired) electrons. The van der Waals surface area contributed by atoms with E-state index in [1.165, 1.54) is 11.3 Å². The van der Waals surface area contributed by atoms with Crippen LogP contribution in [-0.4, -0.2) is 5.96 Å². The van der Waals surface area contributed by atoms with Gasteiger partial charge in [0.25, 0.3) is 0 Å². The van der Waals surface area contributed by atoms with E-state index in [1.54, 1.807) is 0 Å². The first-order valence-electron chi connectivity index (χ1n) is 2.97. The summed E-state index contributed by atoms with van der Waals surface area (Å²) in [7, 11) is 0. The Morgan fingerprint density at radius 2 is 2.36 bits per heavy atom. The van der Waals surface area contributed by atoms with Gasteiger partial charge in [-0.15, -0.1) is 11.3 Å². The van der Waals surface area contributed by atoms with Crippen molar-refractivity contribution in [3.8, 4) is 0 Å². The largest absolute Gasteiger partial charge is 0.370 e. The van der Waals surface area contributed by atoms with Crippen LogP contribution in [0.25, 0.3) is 0 Å². The number of aliphatic imine (C=N–C) groups is 1. The lowest BCUT2D eigenvalue weighted by molar-refractivity contribution is 1.06. The van der Waals surface area contributed by atoms with Crippen LogP contribution >= 0.6 is 22.9 Å². The predicted octanol–water partition coefficient (Wildman–Crippen LogP) is 1.17. The van der Waals surface area contributed by atoms with Crippen LogP contribution in [0.5, 0.6) is 0 Å². The van der Waals surface area contributed by atoms with Crippen molar-refractivity contribution in [2.24, 2.45) is 16.5 Å². The van der Waals surface area contributed by atoms with Crippen molar-refractivity contribution in [2.45, 2.75) is 6.54 Å². The Kier molecular flexibility index (Phi) is 2.73. The molecule has 0 aliphatic rings. The minimum Gasteiger partial charge on any atom is -0.370 e. The number of nitrogens with two attached hydrogens (primary N) is 2. The highest BCUT2D eigenvalue weighted by Crippen LogP contribution is 2.22. The molecule has 0 aliphatic heterocycles. The van der Waals surface area contributed by atoms with Crippen molar-refractivity contribution >= 4 is 28.9 Å². The number of thiophene rings is 1. The fourth-order valence-corrected chi connectivity index (χ4v) is 1.52. The first-order chi connectivity index (χ1) is 5.20. The van der Waals surface area contributed by atoms with Crippen LogP contribution in [0.3, 0.4) is 0 Å². The topological polar surface area (TPSA) is 64.4 Å². The Labute approximate surface area is 73.7 Å². The number of halogens is 1. The highest BCUT2D eigenvalue weighted by atomic mass is 35.5. The Balaban J connectivity index is 2.65.